The summed E-state index contributed by atoms with van der Waals surface area (Å²) in [6.45, 7) is 4.12. The number of hydrogen-bond donors (Lipinski definition) is 0. The standard InChI is InChI=1S/C28H23ClN2O4S2/c1-3-34-27(33)24-17(2)30-28-31(25(24)22-12-7-13-36-22)26(32)23(37-28)15-18-8-6-10-20(14-18)35-16-19-9-4-5-11-21(19)29/h4-15,25H,3,16H2,1-2H3/b23-15+/t25-/m1/s1. The fraction of sp³-hybridized carbons (Fsp3) is 0.179. The van der Waals surface area contributed by atoms with Gasteiger partial charge in [-0.05, 0) is 55.1 Å². The zero-order chi connectivity index (χ0) is 25.9. The van der Waals surface area contributed by atoms with Crippen LogP contribution in [0.3, 0.4) is 0 Å². The van der Waals surface area contributed by atoms with E-state index in [4.69, 9.17) is 21.1 Å². The van der Waals surface area contributed by atoms with Crippen LogP contribution in [0.1, 0.15) is 35.9 Å². The summed E-state index contributed by atoms with van der Waals surface area (Å²) in [5, 5.41) is 2.58. The first kappa shape index (κ1) is 25.2. The number of carbonyl (C=O) groups is 1. The van der Waals surface area contributed by atoms with Crippen LogP contribution < -0.4 is 19.6 Å². The predicted octanol–water partition coefficient (Wildman–Crippen LogP) is 5.09. The van der Waals surface area contributed by atoms with Crippen molar-refractivity contribution in [3.8, 4) is 5.75 Å². The minimum Gasteiger partial charge on any atom is -0.489 e. The van der Waals surface area contributed by atoms with Crippen molar-refractivity contribution in [1.82, 2.24) is 4.57 Å². The summed E-state index contributed by atoms with van der Waals surface area (Å²) in [5.41, 5.74) is 2.44. The van der Waals surface area contributed by atoms with Crippen LogP contribution in [0.25, 0.3) is 6.08 Å². The summed E-state index contributed by atoms with van der Waals surface area (Å²) in [5.74, 6) is 0.207. The van der Waals surface area contributed by atoms with Crippen molar-refractivity contribution in [2.45, 2.75) is 26.5 Å². The Bertz CT molecular complexity index is 1670. The average molecular weight is 551 g/mol. The van der Waals surface area contributed by atoms with Crippen LogP contribution in [0.2, 0.25) is 5.02 Å². The molecule has 37 heavy (non-hydrogen) atoms. The molecule has 0 saturated heterocycles. The van der Waals surface area contributed by atoms with Gasteiger partial charge >= 0.3 is 5.97 Å². The number of hydrogen-bond acceptors (Lipinski definition) is 7. The molecule has 188 valence electrons. The first-order valence-electron chi connectivity index (χ1n) is 11.7. The quantitative estimate of drug-likeness (QED) is 0.300. The number of halogens is 1. The number of esters is 1. The van der Waals surface area contributed by atoms with Gasteiger partial charge in [0.05, 0.1) is 22.4 Å². The highest BCUT2D eigenvalue weighted by atomic mass is 35.5. The molecule has 6 nitrogen and oxygen atoms in total. The van der Waals surface area contributed by atoms with Crippen molar-refractivity contribution in [2.75, 3.05) is 6.61 Å². The van der Waals surface area contributed by atoms with Gasteiger partial charge in [-0.3, -0.25) is 9.36 Å². The number of thiazole rings is 1. The maximum absolute atomic E-state index is 13.7. The molecule has 1 atom stereocenters. The average Bonchev–Trinajstić information content (AvgIpc) is 3.52. The highest BCUT2D eigenvalue weighted by Gasteiger charge is 2.33. The Morgan fingerprint density at radius 2 is 2.00 bits per heavy atom. The van der Waals surface area contributed by atoms with Crippen LogP contribution in [0.4, 0.5) is 0 Å². The molecule has 0 spiro atoms. The van der Waals surface area contributed by atoms with Crippen LogP contribution >= 0.6 is 34.3 Å². The van der Waals surface area contributed by atoms with E-state index in [1.165, 1.54) is 22.7 Å². The molecule has 0 amide bonds. The molecule has 0 fully saturated rings. The van der Waals surface area contributed by atoms with E-state index >= 15 is 0 Å². The number of ether oxygens (including phenoxy) is 2. The smallest absolute Gasteiger partial charge is 0.338 e. The van der Waals surface area contributed by atoms with Gasteiger partial charge in [0.25, 0.3) is 5.56 Å². The Hall–Kier alpha value is -3.46. The molecule has 2 aromatic carbocycles. The zero-order valence-electron chi connectivity index (χ0n) is 20.1. The monoisotopic (exact) mass is 550 g/mol. The Balaban J connectivity index is 1.52. The van der Waals surface area contributed by atoms with Crippen LogP contribution in [-0.4, -0.2) is 17.1 Å². The third kappa shape index (κ3) is 5.18. The van der Waals surface area contributed by atoms with Crippen LogP contribution in [0, 0.1) is 0 Å². The van der Waals surface area contributed by atoms with E-state index in [1.54, 1.807) is 18.4 Å². The van der Waals surface area contributed by atoms with Gasteiger partial charge < -0.3 is 9.47 Å². The first-order valence-corrected chi connectivity index (χ1v) is 13.7. The van der Waals surface area contributed by atoms with Gasteiger partial charge in [-0.25, -0.2) is 9.79 Å². The molecule has 0 unspecified atom stereocenters. The van der Waals surface area contributed by atoms with Crippen molar-refractivity contribution in [3.05, 3.63) is 118 Å². The number of rotatable bonds is 7. The van der Waals surface area contributed by atoms with Gasteiger partial charge in [0.15, 0.2) is 4.80 Å². The lowest BCUT2D eigenvalue weighted by Gasteiger charge is -2.23. The second-order valence-corrected chi connectivity index (χ2v) is 10.7. The predicted molar refractivity (Wildman–Crippen MR) is 147 cm³/mol. The van der Waals surface area contributed by atoms with E-state index in [9.17, 15) is 9.59 Å². The summed E-state index contributed by atoms with van der Waals surface area (Å²) in [7, 11) is 0. The number of fused-ring (bicyclic) bond motifs is 1. The van der Waals surface area contributed by atoms with Gasteiger partial charge in [0, 0.05) is 15.5 Å². The van der Waals surface area contributed by atoms with Crippen LogP contribution in [-0.2, 0) is 16.1 Å². The molecule has 4 aromatic rings. The fourth-order valence-corrected chi connectivity index (χ4v) is 6.19. The highest BCUT2D eigenvalue weighted by Crippen LogP contribution is 2.33. The molecule has 9 heteroatoms. The van der Waals surface area contributed by atoms with Gasteiger partial charge in [-0.15, -0.1) is 11.3 Å². The van der Waals surface area contributed by atoms with E-state index < -0.39 is 12.0 Å². The summed E-state index contributed by atoms with van der Waals surface area (Å²) in [6, 6.07) is 18.3. The minimum atomic E-state index is -0.581. The molecule has 0 aliphatic carbocycles. The third-order valence-electron chi connectivity index (χ3n) is 5.84. The molecular weight excluding hydrogens is 528 g/mol. The summed E-state index contributed by atoms with van der Waals surface area (Å²) < 4.78 is 13.4. The summed E-state index contributed by atoms with van der Waals surface area (Å²) in [6.07, 6.45) is 1.82. The van der Waals surface area contributed by atoms with Crippen molar-refractivity contribution < 1.29 is 14.3 Å². The Labute approximate surface area is 226 Å². The van der Waals surface area contributed by atoms with E-state index in [0.717, 1.165) is 16.0 Å². The molecule has 5 rings (SSSR count). The highest BCUT2D eigenvalue weighted by molar-refractivity contribution is 7.10. The first-order chi connectivity index (χ1) is 18.0. The van der Waals surface area contributed by atoms with Crippen molar-refractivity contribution >= 4 is 46.3 Å². The Kier molecular flexibility index (Phi) is 7.41. The van der Waals surface area contributed by atoms with E-state index in [0.29, 0.717) is 38.0 Å². The Morgan fingerprint density at radius 3 is 2.76 bits per heavy atom. The van der Waals surface area contributed by atoms with E-state index in [1.807, 2.05) is 72.1 Å². The SMILES string of the molecule is CCOC(=O)C1=C(C)N=c2s/c(=C/c3cccc(OCc4ccccc4Cl)c3)c(=O)n2[C@@H]1c1cccs1. The lowest BCUT2D eigenvalue weighted by atomic mass is 10.0. The van der Waals surface area contributed by atoms with Gasteiger partial charge in [0.1, 0.15) is 18.4 Å². The van der Waals surface area contributed by atoms with Gasteiger partial charge in [0.2, 0.25) is 0 Å². The molecule has 0 radical (unpaired) electrons. The largest absolute Gasteiger partial charge is 0.489 e. The number of aromatic nitrogens is 1. The normalized spacial score (nSPS) is 15.3. The van der Waals surface area contributed by atoms with Crippen molar-refractivity contribution in [2.24, 2.45) is 4.99 Å². The van der Waals surface area contributed by atoms with Crippen LogP contribution in [0.5, 0.6) is 5.75 Å². The number of thiophene rings is 1. The Morgan fingerprint density at radius 1 is 1.16 bits per heavy atom. The topological polar surface area (TPSA) is 69.9 Å². The number of allylic oxidation sites excluding steroid dienone is 1. The summed E-state index contributed by atoms with van der Waals surface area (Å²) >= 11 is 9.02. The van der Waals surface area contributed by atoms with E-state index in [2.05, 4.69) is 4.99 Å². The lowest BCUT2D eigenvalue weighted by Crippen LogP contribution is -2.39. The zero-order valence-corrected chi connectivity index (χ0v) is 22.5. The van der Waals surface area contributed by atoms with Crippen LogP contribution in [0.15, 0.2) is 87.1 Å². The van der Waals surface area contributed by atoms with E-state index in [-0.39, 0.29) is 12.2 Å². The number of nitrogens with zero attached hydrogens (tertiary/aromatic N) is 2. The summed E-state index contributed by atoms with van der Waals surface area (Å²) in [4.78, 5) is 32.6. The van der Waals surface area contributed by atoms with Crippen molar-refractivity contribution in [3.63, 3.8) is 0 Å². The minimum absolute atomic E-state index is 0.209. The molecule has 0 bridgehead atoms. The second kappa shape index (κ2) is 10.9. The maximum Gasteiger partial charge on any atom is 0.338 e. The molecule has 2 aromatic heterocycles. The molecule has 0 saturated carbocycles. The van der Waals surface area contributed by atoms with Gasteiger partial charge in [-0.1, -0.05) is 59.3 Å². The van der Waals surface area contributed by atoms with Gasteiger partial charge in [-0.2, -0.15) is 0 Å². The number of benzene rings is 2. The third-order valence-corrected chi connectivity index (χ3v) is 8.11. The fourth-order valence-electron chi connectivity index (χ4n) is 4.13. The number of carbonyl (C=O) groups excluding carboxylic acids is 1. The molecule has 0 N–H and O–H groups in total. The second-order valence-electron chi connectivity index (χ2n) is 8.27. The molecule has 3 heterocycles. The molecular formula is C28H23ClN2O4S2. The molecule has 1 aliphatic rings. The molecule has 1 aliphatic heterocycles. The maximum atomic E-state index is 13.7. The van der Waals surface area contributed by atoms with Crippen molar-refractivity contribution in [1.29, 1.82) is 0 Å². The lowest BCUT2D eigenvalue weighted by molar-refractivity contribution is -0.139.